The lowest BCUT2D eigenvalue weighted by Gasteiger charge is -2.19. The molecule has 2 N–H and O–H groups in total. The SMILES string of the molecule is CCOC(=O)c1ccn(-c2cccc(NC(=O)CN3C(=O)NC4(CCCC4)C3=O)c2)n1. The van der Waals surface area contributed by atoms with Crippen LogP contribution in [0.1, 0.15) is 43.1 Å². The number of ether oxygens (including phenoxy) is 1. The number of rotatable bonds is 6. The van der Waals surface area contributed by atoms with Crippen molar-refractivity contribution in [2.24, 2.45) is 0 Å². The van der Waals surface area contributed by atoms with Gasteiger partial charge >= 0.3 is 12.0 Å². The number of carbonyl (C=O) groups is 4. The summed E-state index contributed by atoms with van der Waals surface area (Å²) in [6.45, 7) is 1.62. The van der Waals surface area contributed by atoms with E-state index in [0.29, 0.717) is 24.2 Å². The number of amides is 4. The Kier molecular flexibility index (Phi) is 5.45. The third kappa shape index (κ3) is 4.00. The molecule has 0 bridgehead atoms. The van der Waals surface area contributed by atoms with E-state index in [1.54, 1.807) is 43.5 Å². The van der Waals surface area contributed by atoms with E-state index in [1.165, 1.54) is 4.68 Å². The zero-order chi connectivity index (χ0) is 22.0. The Balaban J connectivity index is 1.42. The molecule has 10 nitrogen and oxygen atoms in total. The summed E-state index contributed by atoms with van der Waals surface area (Å²) in [5, 5.41) is 9.65. The summed E-state index contributed by atoms with van der Waals surface area (Å²) >= 11 is 0. The van der Waals surface area contributed by atoms with Crippen LogP contribution < -0.4 is 10.6 Å². The first-order valence-electron chi connectivity index (χ1n) is 10.2. The van der Waals surface area contributed by atoms with Gasteiger partial charge in [-0.15, -0.1) is 0 Å². The predicted octanol–water partition coefficient (Wildman–Crippen LogP) is 1.85. The average molecular weight is 425 g/mol. The third-order valence-corrected chi connectivity index (χ3v) is 5.47. The highest BCUT2D eigenvalue weighted by atomic mass is 16.5. The number of anilines is 1. The maximum atomic E-state index is 12.7. The minimum Gasteiger partial charge on any atom is -0.461 e. The van der Waals surface area contributed by atoms with Crippen molar-refractivity contribution in [1.29, 1.82) is 0 Å². The van der Waals surface area contributed by atoms with Gasteiger partial charge in [-0.3, -0.25) is 14.5 Å². The number of hydrogen-bond acceptors (Lipinski definition) is 6. The lowest BCUT2D eigenvalue weighted by molar-refractivity contribution is -0.133. The van der Waals surface area contributed by atoms with Crippen molar-refractivity contribution in [2.45, 2.75) is 38.1 Å². The van der Waals surface area contributed by atoms with Gasteiger partial charge in [0.25, 0.3) is 5.91 Å². The Labute approximate surface area is 178 Å². The molecule has 0 radical (unpaired) electrons. The molecule has 1 aliphatic heterocycles. The number of nitrogens with zero attached hydrogens (tertiary/aromatic N) is 3. The summed E-state index contributed by atoms with van der Waals surface area (Å²) in [4.78, 5) is 50.2. The maximum Gasteiger partial charge on any atom is 0.358 e. The maximum absolute atomic E-state index is 12.7. The highest BCUT2D eigenvalue weighted by Crippen LogP contribution is 2.34. The summed E-state index contributed by atoms with van der Waals surface area (Å²) in [6.07, 6.45) is 4.58. The fourth-order valence-electron chi connectivity index (χ4n) is 3.99. The molecule has 2 aromatic rings. The minimum absolute atomic E-state index is 0.177. The summed E-state index contributed by atoms with van der Waals surface area (Å²) in [6, 6.07) is 7.85. The Morgan fingerprint density at radius 2 is 2.00 bits per heavy atom. The molecule has 2 heterocycles. The van der Waals surface area contributed by atoms with Crippen molar-refractivity contribution >= 4 is 29.5 Å². The number of carbonyl (C=O) groups excluding carboxylic acids is 4. The molecule has 0 atom stereocenters. The third-order valence-electron chi connectivity index (χ3n) is 5.47. The van der Waals surface area contributed by atoms with E-state index in [4.69, 9.17) is 4.74 Å². The van der Waals surface area contributed by atoms with Gasteiger partial charge in [0.2, 0.25) is 5.91 Å². The molecule has 1 saturated carbocycles. The number of aromatic nitrogens is 2. The molecule has 1 aliphatic carbocycles. The number of hydrogen-bond donors (Lipinski definition) is 2. The number of imide groups is 1. The second-order valence-electron chi connectivity index (χ2n) is 7.58. The zero-order valence-electron chi connectivity index (χ0n) is 17.1. The van der Waals surface area contributed by atoms with E-state index < -0.39 is 23.4 Å². The van der Waals surface area contributed by atoms with Crippen LogP contribution in [0.3, 0.4) is 0 Å². The molecule has 1 spiro atoms. The normalized spacial score (nSPS) is 17.1. The quantitative estimate of drug-likeness (QED) is 0.538. The van der Waals surface area contributed by atoms with Crippen LogP contribution in [0.5, 0.6) is 0 Å². The van der Waals surface area contributed by atoms with E-state index >= 15 is 0 Å². The highest BCUT2D eigenvalue weighted by Gasteiger charge is 2.52. The molecule has 2 fully saturated rings. The Hall–Kier alpha value is -3.69. The van der Waals surface area contributed by atoms with Crippen LogP contribution in [0.4, 0.5) is 10.5 Å². The molecule has 2 aliphatic rings. The first-order chi connectivity index (χ1) is 14.9. The lowest BCUT2D eigenvalue weighted by atomic mass is 9.98. The largest absolute Gasteiger partial charge is 0.461 e. The smallest absolute Gasteiger partial charge is 0.358 e. The fourth-order valence-corrected chi connectivity index (χ4v) is 3.99. The zero-order valence-corrected chi connectivity index (χ0v) is 17.1. The average Bonchev–Trinajstić information content (AvgIpc) is 3.46. The molecule has 0 unspecified atom stereocenters. The first-order valence-corrected chi connectivity index (χ1v) is 10.2. The van der Waals surface area contributed by atoms with Crippen LogP contribution in [-0.4, -0.2) is 57.2 Å². The Morgan fingerprint density at radius 3 is 2.74 bits per heavy atom. The molecule has 10 heteroatoms. The number of esters is 1. The standard InChI is InChI=1S/C21H23N5O5/c1-2-31-18(28)16-8-11-26(24-16)15-7-5-6-14(12-15)22-17(27)13-25-19(29)21(23-20(25)30)9-3-4-10-21/h5-8,11-12H,2-4,9-10,13H2,1H3,(H,22,27)(H,23,30). The molecule has 162 valence electrons. The van der Waals surface area contributed by atoms with Crippen LogP contribution in [0.25, 0.3) is 5.69 Å². The van der Waals surface area contributed by atoms with E-state index in [0.717, 1.165) is 17.7 Å². The lowest BCUT2D eigenvalue weighted by Crippen LogP contribution is -2.44. The van der Waals surface area contributed by atoms with Crippen LogP contribution in [0.15, 0.2) is 36.5 Å². The molecular weight excluding hydrogens is 402 g/mol. The van der Waals surface area contributed by atoms with Gasteiger partial charge in [-0.2, -0.15) is 5.10 Å². The summed E-state index contributed by atoms with van der Waals surface area (Å²) in [7, 11) is 0. The van der Waals surface area contributed by atoms with Gasteiger partial charge in [0, 0.05) is 11.9 Å². The molecule has 1 saturated heterocycles. The van der Waals surface area contributed by atoms with Gasteiger partial charge in [0.1, 0.15) is 12.1 Å². The van der Waals surface area contributed by atoms with Crippen molar-refractivity contribution in [3.05, 3.63) is 42.2 Å². The van der Waals surface area contributed by atoms with E-state index in [-0.39, 0.29) is 24.8 Å². The Morgan fingerprint density at radius 1 is 1.23 bits per heavy atom. The van der Waals surface area contributed by atoms with Crippen molar-refractivity contribution in [2.75, 3.05) is 18.5 Å². The highest BCUT2D eigenvalue weighted by molar-refractivity contribution is 6.10. The van der Waals surface area contributed by atoms with Gasteiger partial charge < -0.3 is 15.4 Å². The molecule has 4 amide bonds. The summed E-state index contributed by atoms with van der Waals surface area (Å²) < 4.78 is 6.42. The van der Waals surface area contributed by atoms with E-state index in [9.17, 15) is 19.2 Å². The monoisotopic (exact) mass is 425 g/mol. The van der Waals surface area contributed by atoms with Gasteiger partial charge in [0.05, 0.1) is 12.3 Å². The van der Waals surface area contributed by atoms with Crippen LogP contribution in [0, 0.1) is 0 Å². The van der Waals surface area contributed by atoms with Crippen LogP contribution >= 0.6 is 0 Å². The predicted molar refractivity (Wildman–Crippen MR) is 110 cm³/mol. The molecule has 1 aromatic heterocycles. The van der Waals surface area contributed by atoms with Crippen molar-refractivity contribution in [3.8, 4) is 5.69 Å². The van der Waals surface area contributed by atoms with Crippen molar-refractivity contribution in [1.82, 2.24) is 20.0 Å². The second kappa shape index (κ2) is 8.21. The van der Waals surface area contributed by atoms with Crippen molar-refractivity contribution < 1.29 is 23.9 Å². The van der Waals surface area contributed by atoms with Gasteiger partial charge in [-0.1, -0.05) is 18.9 Å². The first kappa shape index (κ1) is 20.6. The number of nitrogens with one attached hydrogen (secondary N) is 2. The Bertz CT molecular complexity index is 1040. The molecule has 1 aromatic carbocycles. The number of urea groups is 1. The van der Waals surface area contributed by atoms with E-state index in [1.807, 2.05) is 0 Å². The van der Waals surface area contributed by atoms with E-state index in [2.05, 4.69) is 15.7 Å². The van der Waals surface area contributed by atoms with Gasteiger partial charge in [0.15, 0.2) is 5.69 Å². The number of benzene rings is 1. The van der Waals surface area contributed by atoms with Gasteiger partial charge in [-0.05, 0) is 44.0 Å². The molecular formula is C21H23N5O5. The minimum atomic E-state index is -0.839. The fraction of sp³-hybridized carbons (Fsp3) is 0.381. The second-order valence-corrected chi connectivity index (χ2v) is 7.58. The van der Waals surface area contributed by atoms with Crippen molar-refractivity contribution in [3.63, 3.8) is 0 Å². The summed E-state index contributed by atoms with van der Waals surface area (Å²) in [5.74, 6) is -1.33. The molecule has 31 heavy (non-hydrogen) atoms. The molecule has 4 rings (SSSR count). The van der Waals surface area contributed by atoms with Crippen LogP contribution in [0.2, 0.25) is 0 Å². The topological polar surface area (TPSA) is 123 Å². The van der Waals surface area contributed by atoms with Gasteiger partial charge in [-0.25, -0.2) is 14.3 Å². The van der Waals surface area contributed by atoms with Crippen LogP contribution in [-0.2, 0) is 14.3 Å². The summed E-state index contributed by atoms with van der Waals surface area (Å²) in [5.41, 5.74) is 0.427.